The van der Waals surface area contributed by atoms with Crippen LogP contribution in [0.5, 0.6) is 0 Å². The largest absolute Gasteiger partial charge is 0.480 e. The number of carboxylic acid groups (broad SMARTS) is 1. The Balaban J connectivity index is 1.64. The summed E-state index contributed by atoms with van der Waals surface area (Å²) in [5.41, 5.74) is 1.67. The summed E-state index contributed by atoms with van der Waals surface area (Å²) in [7, 11) is 0. The Kier molecular flexibility index (Phi) is 5.24. The standard InChI is InChI=1S/C16H13Cl2N5O3/c17-13-2-1-10(3-14(13)18)6-22-8-12(5-20-22)21-16(26)11-4-19-23(7-11)9-15(24)25/h1-5,7-8H,6,9H2,(H,21,26)(H,24,25). The fraction of sp³-hybridized carbons (Fsp3) is 0.125. The predicted octanol–water partition coefficient (Wildman–Crippen LogP) is 2.77. The minimum atomic E-state index is -1.04. The molecule has 3 rings (SSSR count). The van der Waals surface area contributed by atoms with Gasteiger partial charge in [-0.1, -0.05) is 29.3 Å². The molecule has 0 unspecified atom stereocenters. The van der Waals surface area contributed by atoms with Crippen molar-refractivity contribution in [1.29, 1.82) is 0 Å². The molecule has 0 aliphatic carbocycles. The molecule has 10 heteroatoms. The molecular formula is C16H13Cl2N5O3. The fourth-order valence-corrected chi connectivity index (χ4v) is 2.57. The lowest BCUT2D eigenvalue weighted by molar-refractivity contribution is -0.137. The monoisotopic (exact) mass is 393 g/mol. The lowest BCUT2D eigenvalue weighted by Crippen LogP contribution is -2.11. The molecule has 0 aliphatic rings. The molecule has 0 saturated carbocycles. The number of hydrogen-bond acceptors (Lipinski definition) is 4. The summed E-state index contributed by atoms with van der Waals surface area (Å²) in [5.74, 6) is -1.45. The molecule has 0 saturated heterocycles. The predicted molar refractivity (Wildman–Crippen MR) is 95.6 cm³/mol. The number of aliphatic carboxylic acids is 1. The number of anilines is 1. The Labute approximate surface area is 157 Å². The highest BCUT2D eigenvalue weighted by molar-refractivity contribution is 6.42. The number of hydrogen-bond donors (Lipinski definition) is 2. The maximum absolute atomic E-state index is 12.2. The first kappa shape index (κ1) is 18.0. The van der Waals surface area contributed by atoms with E-state index in [1.165, 1.54) is 23.3 Å². The SMILES string of the molecule is O=C(O)Cn1cc(C(=O)Nc2cnn(Cc3ccc(Cl)c(Cl)c3)c2)cn1. The van der Waals surface area contributed by atoms with E-state index < -0.39 is 11.9 Å². The number of amides is 1. The van der Waals surface area contributed by atoms with Gasteiger partial charge in [0.2, 0.25) is 0 Å². The van der Waals surface area contributed by atoms with Gasteiger partial charge in [0.1, 0.15) is 6.54 Å². The number of aromatic nitrogens is 4. The van der Waals surface area contributed by atoms with Crippen LogP contribution in [0.4, 0.5) is 5.69 Å². The van der Waals surface area contributed by atoms with Gasteiger partial charge in [0, 0.05) is 12.4 Å². The highest BCUT2D eigenvalue weighted by Gasteiger charge is 2.11. The third-order valence-corrected chi connectivity index (χ3v) is 4.15. The van der Waals surface area contributed by atoms with Crippen LogP contribution in [-0.4, -0.2) is 36.5 Å². The number of rotatable bonds is 6. The van der Waals surface area contributed by atoms with Crippen LogP contribution in [0, 0.1) is 0 Å². The molecule has 2 aromatic heterocycles. The smallest absolute Gasteiger partial charge is 0.325 e. The van der Waals surface area contributed by atoms with Crippen LogP contribution in [0.25, 0.3) is 0 Å². The molecule has 2 N–H and O–H groups in total. The van der Waals surface area contributed by atoms with Gasteiger partial charge in [0.05, 0.1) is 40.2 Å². The van der Waals surface area contributed by atoms with Crippen molar-refractivity contribution in [3.8, 4) is 0 Å². The van der Waals surface area contributed by atoms with E-state index in [1.54, 1.807) is 23.0 Å². The average molecular weight is 394 g/mol. The second-order valence-electron chi connectivity index (χ2n) is 5.45. The zero-order chi connectivity index (χ0) is 18.7. The van der Waals surface area contributed by atoms with Gasteiger partial charge in [-0.2, -0.15) is 10.2 Å². The normalized spacial score (nSPS) is 10.7. The zero-order valence-electron chi connectivity index (χ0n) is 13.3. The molecule has 0 aliphatic heterocycles. The van der Waals surface area contributed by atoms with Gasteiger partial charge in [-0.25, -0.2) is 0 Å². The quantitative estimate of drug-likeness (QED) is 0.670. The van der Waals surface area contributed by atoms with E-state index in [4.69, 9.17) is 28.3 Å². The molecule has 0 spiro atoms. The Hall–Kier alpha value is -2.84. The van der Waals surface area contributed by atoms with Crippen LogP contribution in [0.3, 0.4) is 0 Å². The van der Waals surface area contributed by atoms with E-state index in [-0.39, 0.29) is 12.1 Å². The number of benzene rings is 1. The molecule has 2 heterocycles. The Morgan fingerprint density at radius 2 is 1.85 bits per heavy atom. The first-order valence-corrected chi connectivity index (χ1v) is 8.18. The first-order chi connectivity index (χ1) is 12.4. The summed E-state index contributed by atoms with van der Waals surface area (Å²) in [4.78, 5) is 22.8. The molecule has 134 valence electrons. The van der Waals surface area contributed by atoms with E-state index in [9.17, 15) is 9.59 Å². The molecule has 26 heavy (non-hydrogen) atoms. The Morgan fingerprint density at radius 3 is 2.58 bits per heavy atom. The molecule has 0 atom stereocenters. The number of nitrogens with one attached hydrogen (secondary N) is 1. The molecular weight excluding hydrogens is 381 g/mol. The van der Waals surface area contributed by atoms with Gasteiger partial charge in [-0.05, 0) is 17.7 Å². The van der Waals surface area contributed by atoms with Gasteiger partial charge in [0.25, 0.3) is 5.91 Å². The number of carboxylic acids is 1. The number of carbonyl (C=O) groups is 2. The molecule has 1 amide bonds. The topological polar surface area (TPSA) is 102 Å². The van der Waals surface area contributed by atoms with Gasteiger partial charge in [-0.15, -0.1) is 0 Å². The summed E-state index contributed by atoms with van der Waals surface area (Å²) in [6, 6.07) is 5.30. The van der Waals surface area contributed by atoms with Crippen molar-refractivity contribution in [2.24, 2.45) is 0 Å². The second-order valence-corrected chi connectivity index (χ2v) is 6.26. The van der Waals surface area contributed by atoms with Crippen LogP contribution in [0.15, 0.2) is 43.0 Å². The van der Waals surface area contributed by atoms with Crippen molar-refractivity contribution in [1.82, 2.24) is 19.6 Å². The second kappa shape index (κ2) is 7.59. The van der Waals surface area contributed by atoms with Gasteiger partial charge in [0.15, 0.2) is 0 Å². The van der Waals surface area contributed by atoms with Crippen LogP contribution < -0.4 is 5.32 Å². The van der Waals surface area contributed by atoms with E-state index in [1.807, 2.05) is 6.07 Å². The first-order valence-electron chi connectivity index (χ1n) is 7.42. The summed E-state index contributed by atoms with van der Waals surface area (Å²) >= 11 is 11.9. The van der Waals surface area contributed by atoms with E-state index in [2.05, 4.69) is 15.5 Å². The van der Waals surface area contributed by atoms with E-state index in [0.717, 1.165) is 5.56 Å². The molecule has 1 aromatic carbocycles. The van der Waals surface area contributed by atoms with Crippen LogP contribution in [-0.2, 0) is 17.9 Å². The van der Waals surface area contributed by atoms with Crippen molar-refractivity contribution in [3.05, 3.63) is 64.2 Å². The summed E-state index contributed by atoms with van der Waals surface area (Å²) in [5, 5.41) is 20.3. The molecule has 0 fully saturated rings. The van der Waals surface area contributed by atoms with Crippen LogP contribution >= 0.6 is 23.2 Å². The fourth-order valence-electron chi connectivity index (χ4n) is 2.25. The maximum atomic E-state index is 12.2. The van der Waals surface area contributed by atoms with Crippen molar-refractivity contribution in [3.63, 3.8) is 0 Å². The number of carbonyl (C=O) groups excluding carboxylic acids is 1. The lowest BCUT2D eigenvalue weighted by Gasteiger charge is -2.03. The summed E-state index contributed by atoms with van der Waals surface area (Å²) in [6.45, 7) is 0.151. The molecule has 8 nitrogen and oxygen atoms in total. The summed E-state index contributed by atoms with van der Waals surface area (Å²) in [6.07, 6.45) is 5.85. The van der Waals surface area contributed by atoms with E-state index >= 15 is 0 Å². The lowest BCUT2D eigenvalue weighted by atomic mass is 10.2. The third kappa shape index (κ3) is 4.41. The van der Waals surface area contributed by atoms with E-state index in [0.29, 0.717) is 22.3 Å². The van der Waals surface area contributed by atoms with Crippen molar-refractivity contribution in [2.45, 2.75) is 13.1 Å². The number of nitrogens with zero attached hydrogens (tertiary/aromatic N) is 4. The minimum Gasteiger partial charge on any atom is -0.480 e. The minimum absolute atomic E-state index is 0.253. The highest BCUT2D eigenvalue weighted by atomic mass is 35.5. The van der Waals surface area contributed by atoms with Crippen molar-refractivity contribution in [2.75, 3.05) is 5.32 Å². The highest BCUT2D eigenvalue weighted by Crippen LogP contribution is 2.23. The van der Waals surface area contributed by atoms with Crippen molar-refractivity contribution < 1.29 is 14.7 Å². The molecule has 3 aromatic rings. The van der Waals surface area contributed by atoms with Gasteiger partial charge in [-0.3, -0.25) is 19.0 Å². The molecule has 0 bridgehead atoms. The average Bonchev–Trinajstić information content (AvgIpc) is 3.20. The third-order valence-electron chi connectivity index (χ3n) is 3.41. The molecule has 0 radical (unpaired) electrons. The van der Waals surface area contributed by atoms with Crippen molar-refractivity contribution >= 4 is 40.8 Å². The van der Waals surface area contributed by atoms with Crippen LogP contribution in [0.2, 0.25) is 10.0 Å². The Morgan fingerprint density at radius 1 is 1.08 bits per heavy atom. The maximum Gasteiger partial charge on any atom is 0.325 e. The number of halogens is 2. The zero-order valence-corrected chi connectivity index (χ0v) is 14.8. The Bertz CT molecular complexity index is 966. The summed E-state index contributed by atoms with van der Waals surface area (Å²) < 4.78 is 2.81. The van der Waals surface area contributed by atoms with Gasteiger partial charge < -0.3 is 10.4 Å². The van der Waals surface area contributed by atoms with Gasteiger partial charge >= 0.3 is 5.97 Å². The van der Waals surface area contributed by atoms with Crippen LogP contribution in [0.1, 0.15) is 15.9 Å².